The van der Waals surface area contributed by atoms with Crippen LogP contribution in [0.25, 0.3) is 0 Å². The molecule has 5 nitrogen and oxygen atoms in total. The lowest BCUT2D eigenvalue weighted by Gasteiger charge is -2.23. The molecule has 1 aromatic rings. The molecule has 0 saturated carbocycles. The molecular formula is C13H17BrN2O3. The van der Waals surface area contributed by atoms with Gasteiger partial charge in [-0.3, -0.25) is 10.1 Å². The van der Waals surface area contributed by atoms with Crippen molar-refractivity contribution in [3.63, 3.8) is 0 Å². The smallest absolute Gasteiger partial charge is 0.312 e. The Morgan fingerprint density at radius 2 is 2.32 bits per heavy atom. The minimum absolute atomic E-state index is 0.00554. The molecule has 1 aromatic carbocycles. The van der Waals surface area contributed by atoms with Crippen LogP contribution >= 0.6 is 15.9 Å². The highest BCUT2D eigenvalue weighted by molar-refractivity contribution is 9.10. The van der Waals surface area contributed by atoms with Crippen molar-refractivity contribution >= 4 is 21.6 Å². The fraction of sp³-hybridized carbons (Fsp3) is 0.538. The minimum Gasteiger partial charge on any atom is -0.487 e. The van der Waals surface area contributed by atoms with Gasteiger partial charge >= 0.3 is 5.69 Å². The van der Waals surface area contributed by atoms with Crippen LogP contribution in [0.4, 0.5) is 5.69 Å². The molecule has 0 aromatic heterocycles. The first-order valence-corrected chi connectivity index (χ1v) is 7.26. The van der Waals surface area contributed by atoms with Crippen LogP contribution < -0.4 is 10.1 Å². The average molecular weight is 329 g/mol. The van der Waals surface area contributed by atoms with E-state index in [1.54, 1.807) is 12.1 Å². The molecular weight excluding hydrogens is 312 g/mol. The van der Waals surface area contributed by atoms with E-state index >= 15 is 0 Å². The SMILES string of the molecule is O=[N+]([O-])c1cc(Br)ccc1OCCC1CCCCN1. The second-order valence-electron chi connectivity index (χ2n) is 4.65. The fourth-order valence-electron chi connectivity index (χ4n) is 2.24. The molecule has 0 radical (unpaired) electrons. The van der Waals surface area contributed by atoms with Crippen LogP contribution in [0.1, 0.15) is 25.7 Å². The number of nitrogens with one attached hydrogen (secondary N) is 1. The number of ether oxygens (including phenoxy) is 1. The summed E-state index contributed by atoms with van der Waals surface area (Å²) in [6.07, 6.45) is 4.52. The minimum atomic E-state index is -0.418. The maximum absolute atomic E-state index is 10.9. The number of nitrogens with zero attached hydrogens (tertiary/aromatic N) is 1. The van der Waals surface area contributed by atoms with E-state index in [1.165, 1.54) is 18.9 Å². The first kappa shape index (κ1) is 14.3. The summed E-state index contributed by atoms with van der Waals surface area (Å²) in [4.78, 5) is 10.5. The highest BCUT2D eigenvalue weighted by Crippen LogP contribution is 2.30. The predicted octanol–water partition coefficient (Wildman–Crippen LogP) is 3.27. The number of benzene rings is 1. The van der Waals surface area contributed by atoms with Gasteiger partial charge in [0.05, 0.1) is 11.5 Å². The lowest BCUT2D eigenvalue weighted by molar-refractivity contribution is -0.385. The molecule has 19 heavy (non-hydrogen) atoms. The molecule has 6 heteroatoms. The standard InChI is InChI=1S/C13H17BrN2O3/c14-10-4-5-13(12(9-10)16(17)18)19-8-6-11-3-1-2-7-15-11/h4-5,9,11,15H,1-3,6-8H2. The summed E-state index contributed by atoms with van der Waals surface area (Å²) in [5.41, 5.74) is 0.00554. The number of nitro groups is 1. The second-order valence-corrected chi connectivity index (χ2v) is 5.57. The summed E-state index contributed by atoms with van der Waals surface area (Å²) < 4.78 is 6.23. The first-order chi connectivity index (χ1) is 9.16. The average Bonchev–Trinajstić information content (AvgIpc) is 2.41. The van der Waals surface area contributed by atoms with E-state index in [2.05, 4.69) is 21.2 Å². The molecule has 1 saturated heterocycles. The Labute approximate surface area is 120 Å². The molecule has 1 atom stereocenters. The Hall–Kier alpha value is -1.14. The number of hydrogen-bond donors (Lipinski definition) is 1. The first-order valence-electron chi connectivity index (χ1n) is 6.47. The predicted molar refractivity (Wildman–Crippen MR) is 76.6 cm³/mol. The van der Waals surface area contributed by atoms with Crippen LogP contribution in [0, 0.1) is 10.1 Å². The summed E-state index contributed by atoms with van der Waals surface area (Å²) in [7, 11) is 0. The van der Waals surface area contributed by atoms with Crippen molar-refractivity contribution in [2.24, 2.45) is 0 Å². The molecule has 0 aliphatic carbocycles. The third kappa shape index (κ3) is 4.18. The van der Waals surface area contributed by atoms with Gasteiger partial charge in [0.25, 0.3) is 0 Å². The number of hydrogen-bond acceptors (Lipinski definition) is 4. The van der Waals surface area contributed by atoms with Gasteiger partial charge in [0, 0.05) is 16.6 Å². The van der Waals surface area contributed by atoms with Gasteiger partial charge in [0.15, 0.2) is 5.75 Å². The fourth-order valence-corrected chi connectivity index (χ4v) is 2.59. The summed E-state index contributed by atoms with van der Waals surface area (Å²) in [5.74, 6) is 0.337. The van der Waals surface area contributed by atoms with Gasteiger partial charge in [-0.05, 0) is 37.9 Å². The maximum Gasteiger partial charge on any atom is 0.312 e. The molecule has 1 heterocycles. The van der Waals surface area contributed by atoms with E-state index in [0.29, 0.717) is 22.9 Å². The van der Waals surface area contributed by atoms with Crippen LogP contribution in [0.5, 0.6) is 5.75 Å². The Balaban J connectivity index is 1.89. The summed E-state index contributed by atoms with van der Waals surface area (Å²) in [6, 6.07) is 5.33. The quantitative estimate of drug-likeness (QED) is 0.665. The number of piperidine rings is 1. The summed E-state index contributed by atoms with van der Waals surface area (Å²) >= 11 is 3.23. The van der Waals surface area contributed by atoms with Crippen molar-refractivity contribution in [2.75, 3.05) is 13.2 Å². The Kier molecular flexibility index (Phi) is 5.15. The highest BCUT2D eigenvalue weighted by atomic mass is 79.9. The van der Waals surface area contributed by atoms with Crippen molar-refractivity contribution in [3.8, 4) is 5.75 Å². The molecule has 2 rings (SSSR count). The van der Waals surface area contributed by atoms with Crippen LogP contribution in [-0.2, 0) is 0 Å². The number of nitro benzene ring substituents is 1. The van der Waals surface area contributed by atoms with Gasteiger partial charge in [-0.1, -0.05) is 22.4 Å². The van der Waals surface area contributed by atoms with Crippen LogP contribution in [0.3, 0.4) is 0 Å². The van der Waals surface area contributed by atoms with Crippen molar-refractivity contribution in [3.05, 3.63) is 32.8 Å². The Bertz CT molecular complexity index is 448. The lowest BCUT2D eigenvalue weighted by atomic mass is 10.0. The second kappa shape index (κ2) is 6.86. The van der Waals surface area contributed by atoms with Gasteiger partial charge in [-0.2, -0.15) is 0 Å². The van der Waals surface area contributed by atoms with Crippen molar-refractivity contribution < 1.29 is 9.66 Å². The third-order valence-corrected chi connectivity index (χ3v) is 3.75. The molecule has 0 bridgehead atoms. The van der Waals surface area contributed by atoms with Crippen LogP contribution in [0.15, 0.2) is 22.7 Å². The van der Waals surface area contributed by atoms with Gasteiger partial charge in [0.1, 0.15) is 0 Å². The zero-order valence-corrected chi connectivity index (χ0v) is 12.2. The number of halogens is 1. The lowest BCUT2D eigenvalue weighted by Crippen LogP contribution is -2.35. The van der Waals surface area contributed by atoms with Gasteiger partial charge < -0.3 is 10.1 Å². The van der Waals surface area contributed by atoms with E-state index < -0.39 is 4.92 Å². The van der Waals surface area contributed by atoms with E-state index in [1.807, 2.05) is 0 Å². The molecule has 1 unspecified atom stereocenters. The van der Waals surface area contributed by atoms with Gasteiger partial charge in [0.2, 0.25) is 0 Å². The van der Waals surface area contributed by atoms with E-state index in [0.717, 1.165) is 19.4 Å². The van der Waals surface area contributed by atoms with Crippen LogP contribution in [-0.4, -0.2) is 24.1 Å². The third-order valence-electron chi connectivity index (χ3n) is 3.25. The molecule has 1 N–H and O–H groups in total. The molecule has 0 amide bonds. The monoisotopic (exact) mass is 328 g/mol. The van der Waals surface area contributed by atoms with E-state index in [-0.39, 0.29) is 5.69 Å². The largest absolute Gasteiger partial charge is 0.487 e. The topological polar surface area (TPSA) is 64.4 Å². The zero-order chi connectivity index (χ0) is 13.7. The Morgan fingerprint density at radius 3 is 3.00 bits per heavy atom. The van der Waals surface area contributed by atoms with Crippen LogP contribution in [0.2, 0.25) is 0 Å². The number of rotatable bonds is 5. The van der Waals surface area contributed by atoms with Crippen molar-refractivity contribution in [2.45, 2.75) is 31.7 Å². The zero-order valence-electron chi connectivity index (χ0n) is 10.6. The van der Waals surface area contributed by atoms with Crippen molar-refractivity contribution in [1.82, 2.24) is 5.32 Å². The maximum atomic E-state index is 10.9. The van der Waals surface area contributed by atoms with E-state index in [4.69, 9.17) is 4.74 Å². The van der Waals surface area contributed by atoms with Gasteiger partial charge in [-0.25, -0.2) is 0 Å². The summed E-state index contributed by atoms with van der Waals surface area (Å²) in [5, 5.41) is 14.4. The molecule has 1 aliphatic heterocycles. The summed E-state index contributed by atoms with van der Waals surface area (Å²) in [6.45, 7) is 1.56. The molecule has 1 fully saturated rings. The molecule has 104 valence electrons. The van der Waals surface area contributed by atoms with Gasteiger partial charge in [-0.15, -0.1) is 0 Å². The highest BCUT2D eigenvalue weighted by Gasteiger charge is 2.17. The van der Waals surface area contributed by atoms with Crippen molar-refractivity contribution in [1.29, 1.82) is 0 Å². The Morgan fingerprint density at radius 1 is 1.47 bits per heavy atom. The normalized spacial score (nSPS) is 19.1. The molecule has 1 aliphatic rings. The van der Waals surface area contributed by atoms with E-state index in [9.17, 15) is 10.1 Å². The molecule has 0 spiro atoms.